The maximum Gasteiger partial charge on any atom is 0.0673 e. The zero-order valence-corrected chi connectivity index (χ0v) is 9.65. The number of hydrogen-bond donors (Lipinski definition) is 0. The Kier molecular flexibility index (Phi) is 3.85. The molecule has 0 radical (unpaired) electrons. The number of methoxy groups -OCH3 is 1. The minimum Gasteiger partial charge on any atom is -0.383 e. The van der Waals surface area contributed by atoms with E-state index in [0.29, 0.717) is 6.04 Å². The van der Waals surface area contributed by atoms with Gasteiger partial charge in [-0.15, -0.1) is 0 Å². The summed E-state index contributed by atoms with van der Waals surface area (Å²) in [5, 5.41) is 0. The van der Waals surface area contributed by atoms with Gasteiger partial charge in [-0.1, -0.05) is 18.2 Å². The van der Waals surface area contributed by atoms with Crippen LogP contribution in [0.1, 0.15) is 18.4 Å². The molecule has 0 saturated carbocycles. The summed E-state index contributed by atoms with van der Waals surface area (Å²) in [5.74, 6) is 3.20. The van der Waals surface area contributed by atoms with Gasteiger partial charge in [0, 0.05) is 25.3 Å². The van der Waals surface area contributed by atoms with Crippen LogP contribution in [0, 0.1) is 12.0 Å². The molecule has 0 aliphatic carbocycles. The van der Waals surface area contributed by atoms with Crippen molar-refractivity contribution in [1.29, 1.82) is 0 Å². The molecule has 16 heavy (non-hydrogen) atoms. The summed E-state index contributed by atoms with van der Waals surface area (Å²) < 4.78 is 5.20. The number of rotatable bonds is 2. The van der Waals surface area contributed by atoms with Gasteiger partial charge in [0.05, 0.1) is 12.6 Å². The topological polar surface area (TPSA) is 12.5 Å². The molecule has 0 bridgehead atoms. The Balaban J connectivity index is 2.01. The van der Waals surface area contributed by atoms with Crippen LogP contribution in [0.25, 0.3) is 0 Å². The molecule has 1 fully saturated rings. The Hall–Kier alpha value is -1.46. The number of hydrogen-bond acceptors (Lipinski definition) is 2. The average Bonchev–Trinajstić information content (AvgIpc) is 2.76. The Morgan fingerprint density at radius 3 is 2.94 bits per heavy atom. The van der Waals surface area contributed by atoms with Crippen molar-refractivity contribution in [3.05, 3.63) is 35.9 Å². The number of ether oxygens (including phenoxy) is 1. The Bertz CT molecular complexity index is 377. The summed E-state index contributed by atoms with van der Waals surface area (Å²) in [4.78, 5) is 2.20. The van der Waals surface area contributed by atoms with Crippen LogP contribution in [0.3, 0.4) is 0 Å². The first-order valence-corrected chi connectivity index (χ1v) is 5.72. The van der Waals surface area contributed by atoms with E-state index in [-0.39, 0.29) is 0 Å². The van der Waals surface area contributed by atoms with Crippen LogP contribution in [-0.4, -0.2) is 31.2 Å². The Morgan fingerprint density at radius 2 is 2.19 bits per heavy atom. The SMILES string of the molecule is COC[C@@H]1CCCN1C#Cc1ccccc1. The highest BCUT2D eigenvalue weighted by Crippen LogP contribution is 2.15. The van der Waals surface area contributed by atoms with E-state index in [1.165, 1.54) is 12.8 Å². The van der Waals surface area contributed by atoms with Gasteiger partial charge in [-0.2, -0.15) is 0 Å². The molecule has 2 heteroatoms. The molecule has 0 unspecified atom stereocenters. The zero-order valence-electron chi connectivity index (χ0n) is 9.65. The van der Waals surface area contributed by atoms with Crippen molar-refractivity contribution in [2.75, 3.05) is 20.3 Å². The lowest BCUT2D eigenvalue weighted by Crippen LogP contribution is -2.28. The maximum absolute atomic E-state index is 5.20. The summed E-state index contributed by atoms with van der Waals surface area (Å²) in [6, 6.07) is 13.8. The van der Waals surface area contributed by atoms with E-state index in [0.717, 1.165) is 18.7 Å². The molecule has 1 aromatic rings. The van der Waals surface area contributed by atoms with Gasteiger partial charge < -0.3 is 9.64 Å². The molecule has 2 nitrogen and oxygen atoms in total. The van der Waals surface area contributed by atoms with Crippen LogP contribution >= 0.6 is 0 Å². The average molecular weight is 215 g/mol. The smallest absolute Gasteiger partial charge is 0.0673 e. The summed E-state index contributed by atoms with van der Waals surface area (Å²) in [6.07, 6.45) is 2.41. The predicted molar refractivity (Wildman–Crippen MR) is 64.9 cm³/mol. The van der Waals surface area contributed by atoms with Crippen LogP contribution in [0.2, 0.25) is 0 Å². The second kappa shape index (κ2) is 5.58. The molecule has 1 atom stereocenters. The quantitative estimate of drug-likeness (QED) is 0.701. The number of benzene rings is 1. The van der Waals surface area contributed by atoms with Crippen molar-refractivity contribution in [3.63, 3.8) is 0 Å². The highest BCUT2D eigenvalue weighted by atomic mass is 16.5. The number of nitrogens with zero attached hydrogens (tertiary/aromatic N) is 1. The molecular weight excluding hydrogens is 198 g/mol. The second-order valence-corrected chi connectivity index (χ2v) is 4.05. The molecule has 0 amide bonds. The molecule has 1 saturated heterocycles. The lowest BCUT2D eigenvalue weighted by Gasteiger charge is -2.18. The molecule has 2 rings (SSSR count). The Morgan fingerprint density at radius 1 is 1.38 bits per heavy atom. The van der Waals surface area contributed by atoms with Crippen molar-refractivity contribution in [2.45, 2.75) is 18.9 Å². The lowest BCUT2D eigenvalue weighted by atomic mass is 10.2. The molecule has 1 heterocycles. The third-order valence-corrected chi connectivity index (χ3v) is 2.85. The summed E-state index contributed by atoms with van der Waals surface area (Å²) in [5.41, 5.74) is 1.07. The molecule has 0 aromatic heterocycles. The largest absolute Gasteiger partial charge is 0.383 e. The van der Waals surface area contributed by atoms with Crippen molar-refractivity contribution >= 4 is 0 Å². The van der Waals surface area contributed by atoms with E-state index in [9.17, 15) is 0 Å². The van der Waals surface area contributed by atoms with E-state index in [1.807, 2.05) is 30.3 Å². The molecule has 84 valence electrons. The van der Waals surface area contributed by atoms with Gasteiger partial charge in [0.2, 0.25) is 0 Å². The van der Waals surface area contributed by atoms with Crippen LogP contribution in [0.15, 0.2) is 30.3 Å². The second-order valence-electron chi connectivity index (χ2n) is 4.05. The van der Waals surface area contributed by atoms with Gasteiger partial charge in [0.15, 0.2) is 0 Å². The van der Waals surface area contributed by atoms with Gasteiger partial charge in [-0.3, -0.25) is 0 Å². The predicted octanol–water partition coefficient (Wildman–Crippen LogP) is 2.11. The molecule has 0 spiro atoms. The standard InChI is InChI=1S/C14H17NO/c1-16-12-14-8-5-10-15(14)11-9-13-6-3-2-4-7-13/h2-4,6-7,14H,5,8,10,12H2,1H3/t14-/m0/s1. The molecule has 0 N–H and O–H groups in total. The lowest BCUT2D eigenvalue weighted by molar-refractivity contribution is 0.142. The fraction of sp³-hybridized carbons (Fsp3) is 0.429. The maximum atomic E-state index is 5.20. The van der Waals surface area contributed by atoms with Crippen molar-refractivity contribution in [3.8, 4) is 12.0 Å². The normalized spacial score (nSPS) is 19.3. The zero-order chi connectivity index (χ0) is 11.2. The number of likely N-dealkylation sites (tertiary alicyclic amines) is 1. The highest BCUT2D eigenvalue weighted by Gasteiger charge is 2.21. The van der Waals surface area contributed by atoms with Gasteiger partial charge in [0.1, 0.15) is 0 Å². The first-order chi connectivity index (χ1) is 7.90. The van der Waals surface area contributed by atoms with Crippen LogP contribution < -0.4 is 0 Å². The molecule has 1 aliphatic rings. The molecule has 1 aliphatic heterocycles. The first kappa shape index (κ1) is 11.0. The van der Waals surface area contributed by atoms with E-state index in [4.69, 9.17) is 4.74 Å². The third-order valence-electron chi connectivity index (χ3n) is 2.85. The fourth-order valence-electron chi connectivity index (χ4n) is 2.01. The van der Waals surface area contributed by atoms with Gasteiger partial charge in [0.25, 0.3) is 0 Å². The Labute approximate surface area is 97.2 Å². The van der Waals surface area contributed by atoms with Gasteiger partial charge in [-0.05, 0) is 30.9 Å². The fourth-order valence-corrected chi connectivity index (χ4v) is 2.01. The van der Waals surface area contributed by atoms with Crippen molar-refractivity contribution < 1.29 is 4.74 Å². The van der Waals surface area contributed by atoms with Crippen molar-refractivity contribution in [2.24, 2.45) is 0 Å². The third kappa shape index (κ3) is 2.77. The molecular formula is C14H17NO. The molecule has 1 aromatic carbocycles. The van der Waals surface area contributed by atoms with E-state index in [2.05, 4.69) is 16.9 Å². The van der Waals surface area contributed by atoms with Gasteiger partial charge in [-0.25, -0.2) is 0 Å². The van der Waals surface area contributed by atoms with Crippen LogP contribution in [-0.2, 0) is 4.74 Å². The summed E-state index contributed by atoms with van der Waals surface area (Å²) >= 11 is 0. The summed E-state index contributed by atoms with van der Waals surface area (Å²) in [7, 11) is 1.75. The van der Waals surface area contributed by atoms with Crippen LogP contribution in [0.5, 0.6) is 0 Å². The first-order valence-electron chi connectivity index (χ1n) is 5.72. The highest BCUT2D eigenvalue weighted by molar-refractivity contribution is 5.33. The van der Waals surface area contributed by atoms with Crippen LogP contribution in [0.4, 0.5) is 0 Å². The minimum absolute atomic E-state index is 0.473. The van der Waals surface area contributed by atoms with Gasteiger partial charge >= 0.3 is 0 Å². The van der Waals surface area contributed by atoms with E-state index >= 15 is 0 Å². The van der Waals surface area contributed by atoms with Crippen molar-refractivity contribution in [1.82, 2.24) is 4.90 Å². The van der Waals surface area contributed by atoms with E-state index < -0.39 is 0 Å². The monoisotopic (exact) mass is 215 g/mol. The minimum atomic E-state index is 0.473. The summed E-state index contributed by atoms with van der Waals surface area (Å²) in [6.45, 7) is 1.84. The van der Waals surface area contributed by atoms with E-state index in [1.54, 1.807) is 7.11 Å².